The number of aromatic nitrogens is 5. The molecule has 0 saturated carbocycles. The van der Waals surface area contributed by atoms with Crippen LogP contribution >= 0.6 is 0 Å². The van der Waals surface area contributed by atoms with Crippen LogP contribution in [0.3, 0.4) is 0 Å². The lowest BCUT2D eigenvalue weighted by molar-refractivity contribution is 0.669. The summed E-state index contributed by atoms with van der Waals surface area (Å²) < 4.78 is 6.15. The molecule has 3 heterocycles. The molecule has 11 aromatic rings. The van der Waals surface area contributed by atoms with Crippen LogP contribution in [0.15, 0.2) is 192 Å². The molecule has 0 aliphatic carbocycles. The fraction of sp³-hybridized carbons (Fsp3) is 0. The van der Waals surface area contributed by atoms with Crippen molar-refractivity contribution in [3.05, 3.63) is 188 Å². The number of rotatable bonds is 6. The Morgan fingerprint density at radius 1 is 0.281 bits per heavy atom. The molecule has 3 aromatic heterocycles. The largest absolute Gasteiger partial charge is 0.456 e. The first kappa shape index (κ1) is 32.6. The minimum Gasteiger partial charge on any atom is -0.456 e. The van der Waals surface area contributed by atoms with Gasteiger partial charge in [0.05, 0.1) is 22.1 Å². The SMILES string of the molecule is c1ccc(-c2ccc(-c3nc(-c4ccccc4)nc(-c4cccc(-c5cccc(-c6cccc7nc8cc9oc%10ccccc%10c9cc8nc67)c5)c4)n3)cc2)cc1. The van der Waals surface area contributed by atoms with Gasteiger partial charge in [0.2, 0.25) is 0 Å². The predicted molar refractivity (Wildman–Crippen MR) is 230 cm³/mol. The zero-order chi connectivity index (χ0) is 37.7. The second kappa shape index (κ2) is 13.5. The average Bonchev–Trinajstić information content (AvgIpc) is 3.65. The second-order valence-corrected chi connectivity index (χ2v) is 14.1. The molecular weight excluding hydrogens is 699 g/mol. The molecule has 0 aliphatic heterocycles. The zero-order valence-corrected chi connectivity index (χ0v) is 30.5. The normalized spacial score (nSPS) is 11.5. The third-order valence-corrected chi connectivity index (χ3v) is 10.5. The van der Waals surface area contributed by atoms with Gasteiger partial charge >= 0.3 is 0 Å². The number of para-hydroxylation sites is 2. The van der Waals surface area contributed by atoms with E-state index in [-0.39, 0.29) is 0 Å². The highest BCUT2D eigenvalue weighted by atomic mass is 16.3. The molecular formula is C51H31N5O. The van der Waals surface area contributed by atoms with E-state index in [0.29, 0.717) is 17.5 Å². The maximum Gasteiger partial charge on any atom is 0.164 e. The minimum atomic E-state index is 0.611. The van der Waals surface area contributed by atoms with E-state index in [1.165, 1.54) is 0 Å². The molecule has 266 valence electrons. The van der Waals surface area contributed by atoms with Crippen LogP contribution in [-0.4, -0.2) is 24.9 Å². The highest BCUT2D eigenvalue weighted by molar-refractivity contribution is 6.10. The van der Waals surface area contributed by atoms with Gasteiger partial charge in [0, 0.05) is 39.1 Å². The number of benzene rings is 8. The van der Waals surface area contributed by atoms with Crippen LogP contribution < -0.4 is 0 Å². The fourth-order valence-corrected chi connectivity index (χ4v) is 7.65. The summed E-state index contributed by atoms with van der Waals surface area (Å²) in [6.45, 7) is 0. The molecule has 11 rings (SSSR count). The monoisotopic (exact) mass is 729 g/mol. The van der Waals surface area contributed by atoms with Gasteiger partial charge in [0.15, 0.2) is 17.5 Å². The molecule has 8 aromatic carbocycles. The molecule has 0 fully saturated rings. The lowest BCUT2D eigenvalue weighted by Gasteiger charge is -2.11. The van der Waals surface area contributed by atoms with Crippen LogP contribution in [0.1, 0.15) is 0 Å². The zero-order valence-electron chi connectivity index (χ0n) is 30.5. The molecule has 0 saturated heterocycles. The topological polar surface area (TPSA) is 77.6 Å². The smallest absolute Gasteiger partial charge is 0.164 e. The first-order chi connectivity index (χ1) is 28.2. The van der Waals surface area contributed by atoms with E-state index in [1.54, 1.807) is 0 Å². The van der Waals surface area contributed by atoms with Crippen molar-refractivity contribution in [3.63, 3.8) is 0 Å². The molecule has 0 amide bonds. The van der Waals surface area contributed by atoms with Gasteiger partial charge in [-0.3, -0.25) is 0 Å². The van der Waals surface area contributed by atoms with Gasteiger partial charge in [-0.05, 0) is 58.1 Å². The second-order valence-electron chi connectivity index (χ2n) is 14.1. The molecule has 0 radical (unpaired) electrons. The summed E-state index contributed by atoms with van der Waals surface area (Å²) >= 11 is 0. The van der Waals surface area contributed by atoms with E-state index in [9.17, 15) is 0 Å². The summed E-state index contributed by atoms with van der Waals surface area (Å²) in [5.74, 6) is 1.86. The summed E-state index contributed by atoms with van der Waals surface area (Å²) in [7, 11) is 0. The molecule has 0 unspecified atom stereocenters. The summed E-state index contributed by atoms with van der Waals surface area (Å²) in [6.07, 6.45) is 0. The maximum absolute atomic E-state index is 6.15. The van der Waals surface area contributed by atoms with Crippen molar-refractivity contribution in [1.29, 1.82) is 0 Å². The van der Waals surface area contributed by atoms with Crippen LogP contribution in [-0.2, 0) is 0 Å². The lowest BCUT2D eigenvalue weighted by Crippen LogP contribution is -2.00. The third-order valence-electron chi connectivity index (χ3n) is 10.5. The van der Waals surface area contributed by atoms with Gasteiger partial charge in [-0.25, -0.2) is 24.9 Å². The van der Waals surface area contributed by atoms with Gasteiger partial charge in [0.1, 0.15) is 11.2 Å². The quantitative estimate of drug-likeness (QED) is 0.159. The van der Waals surface area contributed by atoms with Gasteiger partial charge in [-0.1, -0.05) is 152 Å². The Morgan fingerprint density at radius 2 is 0.807 bits per heavy atom. The average molecular weight is 730 g/mol. The maximum atomic E-state index is 6.15. The predicted octanol–water partition coefficient (Wildman–Crippen LogP) is 12.9. The number of nitrogens with zero attached hydrogens (tertiary/aromatic N) is 5. The van der Waals surface area contributed by atoms with Crippen LogP contribution in [0.25, 0.3) is 112 Å². The van der Waals surface area contributed by atoms with Crippen molar-refractivity contribution in [2.24, 2.45) is 0 Å². The molecule has 0 spiro atoms. The molecule has 57 heavy (non-hydrogen) atoms. The van der Waals surface area contributed by atoms with Gasteiger partial charge < -0.3 is 4.42 Å². The summed E-state index contributed by atoms with van der Waals surface area (Å²) in [5.41, 5.74) is 14.2. The van der Waals surface area contributed by atoms with E-state index in [1.807, 2.05) is 72.8 Å². The van der Waals surface area contributed by atoms with Crippen molar-refractivity contribution in [2.75, 3.05) is 0 Å². The first-order valence-electron chi connectivity index (χ1n) is 18.9. The van der Waals surface area contributed by atoms with Crippen LogP contribution in [0.2, 0.25) is 0 Å². The van der Waals surface area contributed by atoms with Crippen LogP contribution in [0.5, 0.6) is 0 Å². The van der Waals surface area contributed by atoms with E-state index >= 15 is 0 Å². The molecule has 0 atom stereocenters. The Labute approximate surface area is 327 Å². The van der Waals surface area contributed by atoms with Crippen molar-refractivity contribution in [3.8, 4) is 67.5 Å². The molecule has 0 N–H and O–H groups in total. The summed E-state index contributed by atoms with van der Waals surface area (Å²) in [5, 5.41) is 2.11. The Bertz CT molecular complexity index is 3290. The minimum absolute atomic E-state index is 0.611. The highest BCUT2D eigenvalue weighted by Gasteiger charge is 2.16. The van der Waals surface area contributed by atoms with E-state index in [2.05, 4.69) is 115 Å². The Morgan fingerprint density at radius 3 is 1.56 bits per heavy atom. The molecule has 6 heteroatoms. The van der Waals surface area contributed by atoms with E-state index in [0.717, 1.165) is 94.1 Å². The van der Waals surface area contributed by atoms with Crippen molar-refractivity contribution < 1.29 is 4.42 Å². The highest BCUT2D eigenvalue weighted by Crippen LogP contribution is 2.36. The van der Waals surface area contributed by atoms with Crippen molar-refractivity contribution in [1.82, 2.24) is 24.9 Å². The van der Waals surface area contributed by atoms with Gasteiger partial charge in [-0.15, -0.1) is 0 Å². The lowest BCUT2D eigenvalue weighted by atomic mass is 9.97. The summed E-state index contributed by atoms with van der Waals surface area (Å²) in [6, 6.07) is 64.2. The molecule has 6 nitrogen and oxygen atoms in total. The van der Waals surface area contributed by atoms with Gasteiger partial charge in [0.25, 0.3) is 0 Å². The van der Waals surface area contributed by atoms with Crippen molar-refractivity contribution in [2.45, 2.75) is 0 Å². The third kappa shape index (κ3) is 5.97. The fourth-order valence-electron chi connectivity index (χ4n) is 7.65. The summed E-state index contributed by atoms with van der Waals surface area (Å²) in [4.78, 5) is 25.3. The standard InChI is InChI=1S/C51H31N5O/c1-3-12-32(13-4-1)33-24-26-35(27-25-33)50-54-49(34-14-5-2-6-15-34)55-51(56-50)39-19-10-17-37(29-39)36-16-9-18-38(28-36)40-21-11-22-43-48(40)53-44-30-42-41-20-7-8-23-46(41)57-47(42)31-45(44)52-43/h1-31H. The molecule has 0 bridgehead atoms. The first-order valence-corrected chi connectivity index (χ1v) is 18.9. The Balaban J connectivity index is 0.981. The molecule has 0 aliphatic rings. The van der Waals surface area contributed by atoms with Crippen LogP contribution in [0.4, 0.5) is 0 Å². The number of hydrogen-bond acceptors (Lipinski definition) is 6. The Kier molecular flexibility index (Phi) is 7.71. The number of furan rings is 1. The van der Waals surface area contributed by atoms with Crippen molar-refractivity contribution >= 4 is 44.0 Å². The Hall–Kier alpha value is -7.83. The number of hydrogen-bond donors (Lipinski definition) is 0. The van der Waals surface area contributed by atoms with E-state index in [4.69, 9.17) is 29.3 Å². The van der Waals surface area contributed by atoms with E-state index < -0.39 is 0 Å². The number of fused-ring (bicyclic) bond motifs is 5. The van der Waals surface area contributed by atoms with Gasteiger partial charge in [-0.2, -0.15) is 0 Å². The van der Waals surface area contributed by atoms with Crippen LogP contribution in [0, 0.1) is 0 Å².